The quantitative estimate of drug-likeness (QED) is 0.650. The fourth-order valence-corrected chi connectivity index (χ4v) is 5.10. The maximum absolute atomic E-state index is 12.4. The minimum Gasteiger partial charge on any atom is -0.449 e. The van der Waals surface area contributed by atoms with Gasteiger partial charge in [0.2, 0.25) is 0 Å². The zero-order valence-electron chi connectivity index (χ0n) is 18.1. The number of amides is 1. The maximum Gasteiger partial charge on any atom is 0.407 e. The van der Waals surface area contributed by atoms with Crippen molar-refractivity contribution in [2.45, 2.75) is 31.8 Å². The molecule has 5 rings (SSSR count). The van der Waals surface area contributed by atoms with Crippen molar-refractivity contribution in [3.05, 3.63) is 77.5 Å². The standard InChI is InChI=1S/C26H29N3O2/c1-17(11-18-7-4-3-5-8-18)28-26(30)31-16-19-12-22-21-9-6-10-23-25(21)20(14-27-23)13-24(22)29(2)15-19/h3-10,12,14,17,19,24,27H,11,13,15-16H2,1-2H3,(H,28,30)/t17?,19?,24-/m0/s1. The predicted octanol–water partition coefficient (Wildman–Crippen LogP) is 4.40. The number of aromatic nitrogens is 1. The van der Waals surface area contributed by atoms with Gasteiger partial charge in [-0.15, -0.1) is 0 Å². The Morgan fingerprint density at radius 3 is 2.90 bits per heavy atom. The van der Waals surface area contributed by atoms with Crippen LogP contribution in [-0.2, 0) is 17.6 Å². The van der Waals surface area contributed by atoms with E-state index in [1.54, 1.807) is 0 Å². The molecule has 5 nitrogen and oxygen atoms in total. The predicted molar refractivity (Wildman–Crippen MR) is 124 cm³/mol. The Bertz CT molecular complexity index is 1120. The molecule has 1 aromatic heterocycles. The first kappa shape index (κ1) is 19.9. The molecule has 31 heavy (non-hydrogen) atoms. The molecule has 0 radical (unpaired) electrons. The molecule has 2 aliphatic rings. The van der Waals surface area contributed by atoms with E-state index in [2.05, 4.69) is 64.9 Å². The monoisotopic (exact) mass is 415 g/mol. The molecule has 0 saturated carbocycles. The largest absolute Gasteiger partial charge is 0.449 e. The van der Waals surface area contributed by atoms with Gasteiger partial charge < -0.3 is 15.0 Å². The Morgan fingerprint density at radius 1 is 1.23 bits per heavy atom. The maximum atomic E-state index is 12.4. The highest BCUT2D eigenvalue weighted by Gasteiger charge is 2.33. The number of alkyl carbamates (subject to hydrolysis) is 1. The van der Waals surface area contributed by atoms with Gasteiger partial charge in [0.15, 0.2) is 0 Å². The van der Waals surface area contributed by atoms with Crippen LogP contribution in [0.3, 0.4) is 0 Å². The molecule has 1 amide bonds. The highest BCUT2D eigenvalue weighted by molar-refractivity contribution is 5.98. The number of H-pyrrole nitrogens is 1. The summed E-state index contributed by atoms with van der Waals surface area (Å²) in [5.74, 6) is 0.183. The number of fused-ring (bicyclic) bond motifs is 2. The van der Waals surface area contributed by atoms with Gasteiger partial charge in [-0.25, -0.2) is 4.79 Å². The summed E-state index contributed by atoms with van der Waals surface area (Å²) in [5.41, 5.74) is 6.46. The second kappa shape index (κ2) is 8.23. The van der Waals surface area contributed by atoms with Crippen LogP contribution in [0, 0.1) is 5.92 Å². The van der Waals surface area contributed by atoms with Crippen molar-refractivity contribution in [3.63, 3.8) is 0 Å². The van der Waals surface area contributed by atoms with E-state index in [1.165, 1.54) is 33.2 Å². The van der Waals surface area contributed by atoms with Crippen molar-refractivity contribution in [1.82, 2.24) is 15.2 Å². The van der Waals surface area contributed by atoms with Crippen LogP contribution in [0.25, 0.3) is 16.5 Å². The Kier molecular flexibility index (Phi) is 5.28. The Balaban J connectivity index is 1.24. The molecule has 160 valence electrons. The van der Waals surface area contributed by atoms with Crippen molar-refractivity contribution >= 4 is 22.6 Å². The normalized spacial score (nSPS) is 21.3. The number of hydrogen-bond donors (Lipinski definition) is 2. The van der Waals surface area contributed by atoms with Gasteiger partial charge in [-0.1, -0.05) is 48.5 Å². The molecular formula is C26H29N3O2. The van der Waals surface area contributed by atoms with Crippen LogP contribution in [-0.4, -0.2) is 48.3 Å². The van der Waals surface area contributed by atoms with Crippen LogP contribution in [0.15, 0.2) is 60.8 Å². The van der Waals surface area contributed by atoms with Crippen LogP contribution in [0.2, 0.25) is 0 Å². The smallest absolute Gasteiger partial charge is 0.407 e. The Labute approximate surface area is 183 Å². The molecular weight excluding hydrogens is 386 g/mol. The van der Waals surface area contributed by atoms with Crippen molar-refractivity contribution in [2.24, 2.45) is 5.92 Å². The lowest BCUT2D eigenvalue weighted by Crippen LogP contribution is -2.44. The van der Waals surface area contributed by atoms with E-state index in [9.17, 15) is 4.79 Å². The van der Waals surface area contributed by atoms with E-state index < -0.39 is 0 Å². The molecule has 3 atom stereocenters. The minimum atomic E-state index is -0.342. The average Bonchev–Trinajstić information content (AvgIpc) is 3.18. The van der Waals surface area contributed by atoms with Crippen LogP contribution < -0.4 is 5.32 Å². The fraction of sp³-hybridized carbons (Fsp3) is 0.346. The Hall–Kier alpha value is -3.05. The van der Waals surface area contributed by atoms with E-state index in [1.807, 2.05) is 25.1 Å². The van der Waals surface area contributed by atoms with E-state index >= 15 is 0 Å². The average molecular weight is 416 g/mol. The Morgan fingerprint density at radius 2 is 2.06 bits per heavy atom. The molecule has 1 aliphatic carbocycles. The second-order valence-corrected chi connectivity index (χ2v) is 8.92. The number of benzene rings is 2. The van der Waals surface area contributed by atoms with Crippen molar-refractivity contribution in [3.8, 4) is 0 Å². The van der Waals surface area contributed by atoms with E-state index in [0.717, 1.165) is 19.4 Å². The number of ether oxygens (including phenoxy) is 1. The summed E-state index contributed by atoms with van der Waals surface area (Å²) < 4.78 is 5.62. The highest BCUT2D eigenvalue weighted by atomic mass is 16.5. The van der Waals surface area contributed by atoms with Crippen LogP contribution in [0.5, 0.6) is 0 Å². The molecule has 0 bridgehead atoms. The molecule has 0 fully saturated rings. The highest BCUT2D eigenvalue weighted by Crippen LogP contribution is 2.40. The van der Waals surface area contributed by atoms with E-state index in [-0.39, 0.29) is 18.1 Å². The van der Waals surface area contributed by atoms with Gasteiger partial charge in [0.05, 0.1) is 0 Å². The van der Waals surface area contributed by atoms with Crippen molar-refractivity contribution in [2.75, 3.05) is 20.2 Å². The van der Waals surface area contributed by atoms with Gasteiger partial charge in [0, 0.05) is 41.6 Å². The topological polar surface area (TPSA) is 57.4 Å². The minimum absolute atomic E-state index is 0.0228. The number of carbonyl (C=O) groups is 1. The summed E-state index contributed by atoms with van der Waals surface area (Å²) in [6.07, 6.45) is 5.94. The van der Waals surface area contributed by atoms with Crippen molar-refractivity contribution in [1.29, 1.82) is 0 Å². The van der Waals surface area contributed by atoms with Crippen LogP contribution >= 0.6 is 0 Å². The fourth-order valence-electron chi connectivity index (χ4n) is 5.10. The molecule has 2 heterocycles. The summed E-state index contributed by atoms with van der Waals surface area (Å²) >= 11 is 0. The van der Waals surface area contributed by atoms with Crippen LogP contribution in [0.1, 0.15) is 23.6 Å². The molecule has 1 aliphatic heterocycles. The molecule has 0 spiro atoms. The van der Waals surface area contributed by atoms with Gasteiger partial charge in [-0.3, -0.25) is 4.90 Å². The zero-order chi connectivity index (χ0) is 21.4. The lowest BCUT2D eigenvalue weighted by Gasteiger charge is -2.39. The molecule has 3 aromatic rings. The van der Waals surface area contributed by atoms with Gasteiger partial charge in [-0.05, 0) is 55.1 Å². The molecule has 5 heteroatoms. The van der Waals surface area contributed by atoms with Gasteiger partial charge in [0.1, 0.15) is 6.61 Å². The van der Waals surface area contributed by atoms with Crippen molar-refractivity contribution < 1.29 is 9.53 Å². The first-order valence-electron chi connectivity index (χ1n) is 11.1. The van der Waals surface area contributed by atoms with E-state index in [0.29, 0.717) is 12.6 Å². The first-order chi connectivity index (χ1) is 15.1. The lowest BCUT2D eigenvalue weighted by atomic mass is 9.80. The third-order valence-electron chi connectivity index (χ3n) is 6.52. The number of carbonyl (C=O) groups excluding carboxylic acids is 1. The third-order valence-corrected chi connectivity index (χ3v) is 6.52. The number of hydrogen-bond acceptors (Lipinski definition) is 3. The molecule has 2 N–H and O–H groups in total. The molecule has 2 aromatic carbocycles. The molecule has 0 saturated heterocycles. The lowest BCUT2D eigenvalue weighted by molar-refractivity contribution is 0.117. The summed E-state index contributed by atoms with van der Waals surface area (Å²) in [6.45, 7) is 3.28. The summed E-state index contributed by atoms with van der Waals surface area (Å²) in [6, 6.07) is 17.0. The SMILES string of the molecule is CC(Cc1ccccc1)NC(=O)OCC1C=C2c3cccc4[nH]cc(c34)C[C@@H]2N(C)C1. The van der Waals surface area contributed by atoms with Crippen LogP contribution in [0.4, 0.5) is 4.79 Å². The van der Waals surface area contributed by atoms with Gasteiger partial charge in [-0.2, -0.15) is 0 Å². The third kappa shape index (κ3) is 3.98. The zero-order valence-corrected chi connectivity index (χ0v) is 18.1. The number of nitrogens with zero attached hydrogens (tertiary/aromatic N) is 1. The van der Waals surface area contributed by atoms with Gasteiger partial charge >= 0.3 is 6.09 Å². The number of rotatable bonds is 5. The summed E-state index contributed by atoms with van der Waals surface area (Å²) in [4.78, 5) is 18.2. The number of aromatic amines is 1. The van der Waals surface area contributed by atoms with E-state index in [4.69, 9.17) is 4.74 Å². The summed E-state index contributed by atoms with van der Waals surface area (Å²) in [5, 5.41) is 4.30. The second-order valence-electron chi connectivity index (χ2n) is 8.92. The number of likely N-dealkylation sites (N-methyl/N-ethyl adjacent to an activating group) is 1. The summed E-state index contributed by atoms with van der Waals surface area (Å²) in [7, 11) is 2.17. The first-order valence-corrected chi connectivity index (χ1v) is 11.1. The number of nitrogens with one attached hydrogen (secondary N) is 2. The van der Waals surface area contributed by atoms with Gasteiger partial charge in [0.25, 0.3) is 0 Å². The molecule has 2 unspecified atom stereocenters.